The Morgan fingerprint density at radius 3 is 2.27 bits per heavy atom. The number of carbonyl (C=O) groups excluding carboxylic acids is 1. The standard InChI is InChI=1S/C24H17ClN2O2S/c25-18-12-10-17(11-13-18)21-14-15-22(29-21)23(28)27-24(30)26-20-9-5-4-8-19(20)16-6-2-1-3-7-16/h1-15H,(H2,26,27,28,30). The molecule has 2 N–H and O–H groups in total. The number of para-hydroxylation sites is 1. The summed E-state index contributed by atoms with van der Waals surface area (Å²) in [5.74, 6) is 0.315. The number of rotatable bonds is 4. The van der Waals surface area contributed by atoms with Crippen molar-refractivity contribution in [2.24, 2.45) is 0 Å². The lowest BCUT2D eigenvalue weighted by Gasteiger charge is -2.13. The summed E-state index contributed by atoms with van der Waals surface area (Å²) >= 11 is 11.2. The maximum absolute atomic E-state index is 12.5. The zero-order valence-corrected chi connectivity index (χ0v) is 17.3. The second-order valence-electron chi connectivity index (χ2n) is 6.49. The molecule has 4 nitrogen and oxygen atoms in total. The molecule has 0 saturated carbocycles. The molecule has 148 valence electrons. The smallest absolute Gasteiger partial charge is 0.293 e. The first-order valence-corrected chi connectivity index (χ1v) is 10.0. The fourth-order valence-electron chi connectivity index (χ4n) is 3.01. The van der Waals surface area contributed by atoms with Crippen molar-refractivity contribution in [2.75, 3.05) is 5.32 Å². The summed E-state index contributed by atoms with van der Waals surface area (Å²) in [5.41, 5.74) is 3.66. The zero-order chi connectivity index (χ0) is 20.9. The Hall–Kier alpha value is -3.41. The van der Waals surface area contributed by atoms with E-state index in [2.05, 4.69) is 10.6 Å². The predicted octanol–water partition coefficient (Wildman–Crippen LogP) is 6.39. The Bertz CT molecular complexity index is 1190. The van der Waals surface area contributed by atoms with Gasteiger partial charge in [-0.3, -0.25) is 10.1 Å². The summed E-state index contributed by atoms with van der Waals surface area (Å²) < 4.78 is 5.67. The molecule has 0 aliphatic heterocycles. The van der Waals surface area contributed by atoms with E-state index in [1.54, 1.807) is 24.3 Å². The van der Waals surface area contributed by atoms with E-state index in [4.69, 9.17) is 28.2 Å². The first-order valence-electron chi connectivity index (χ1n) is 9.23. The molecule has 1 amide bonds. The Morgan fingerprint density at radius 1 is 0.800 bits per heavy atom. The summed E-state index contributed by atoms with van der Waals surface area (Å²) in [4.78, 5) is 12.5. The van der Waals surface area contributed by atoms with E-state index in [9.17, 15) is 4.79 Å². The molecular weight excluding hydrogens is 416 g/mol. The first kappa shape index (κ1) is 19.9. The lowest BCUT2D eigenvalue weighted by atomic mass is 10.0. The third-order valence-corrected chi connectivity index (χ3v) is 4.90. The topological polar surface area (TPSA) is 54.3 Å². The highest BCUT2D eigenvalue weighted by Crippen LogP contribution is 2.27. The molecule has 6 heteroatoms. The molecule has 0 saturated heterocycles. The van der Waals surface area contributed by atoms with Crippen molar-refractivity contribution in [3.63, 3.8) is 0 Å². The third kappa shape index (κ3) is 4.59. The van der Waals surface area contributed by atoms with E-state index in [1.807, 2.05) is 66.7 Å². The van der Waals surface area contributed by atoms with Crippen LogP contribution in [-0.2, 0) is 0 Å². The van der Waals surface area contributed by atoms with Crippen LogP contribution in [0.1, 0.15) is 10.6 Å². The summed E-state index contributed by atoms with van der Waals surface area (Å²) in [6.07, 6.45) is 0. The highest BCUT2D eigenvalue weighted by molar-refractivity contribution is 7.80. The normalized spacial score (nSPS) is 10.4. The van der Waals surface area contributed by atoms with Crippen LogP contribution in [0.25, 0.3) is 22.5 Å². The Labute approximate surface area is 184 Å². The van der Waals surface area contributed by atoms with Crippen LogP contribution in [0.2, 0.25) is 5.02 Å². The van der Waals surface area contributed by atoms with Gasteiger partial charge in [0.05, 0.1) is 0 Å². The van der Waals surface area contributed by atoms with Crippen molar-refractivity contribution in [1.29, 1.82) is 0 Å². The monoisotopic (exact) mass is 432 g/mol. The minimum Gasteiger partial charge on any atom is -0.451 e. The molecular formula is C24H17ClN2O2S. The Kier molecular flexibility index (Phi) is 5.93. The molecule has 0 bridgehead atoms. The molecule has 1 heterocycles. The zero-order valence-electron chi connectivity index (χ0n) is 15.8. The number of benzene rings is 3. The van der Waals surface area contributed by atoms with Crippen molar-refractivity contribution in [1.82, 2.24) is 5.32 Å². The van der Waals surface area contributed by atoms with Crippen LogP contribution in [0.15, 0.2) is 95.4 Å². The molecule has 0 aliphatic carbocycles. The molecule has 30 heavy (non-hydrogen) atoms. The van der Waals surface area contributed by atoms with Crippen molar-refractivity contribution in [3.8, 4) is 22.5 Å². The van der Waals surface area contributed by atoms with Crippen molar-refractivity contribution < 1.29 is 9.21 Å². The largest absolute Gasteiger partial charge is 0.451 e. The highest BCUT2D eigenvalue weighted by Gasteiger charge is 2.14. The van der Waals surface area contributed by atoms with Crippen LogP contribution >= 0.6 is 23.8 Å². The van der Waals surface area contributed by atoms with Crippen LogP contribution in [0.5, 0.6) is 0 Å². The molecule has 0 fully saturated rings. The van der Waals surface area contributed by atoms with E-state index in [1.165, 1.54) is 0 Å². The van der Waals surface area contributed by atoms with Crippen molar-refractivity contribution >= 4 is 40.5 Å². The van der Waals surface area contributed by atoms with E-state index in [0.29, 0.717) is 10.8 Å². The molecule has 0 aliphatic rings. The molecule has 0 spiro atoms. The summed E-state index contributed by atoms with van der Waals surface area (Å²) in [6, 6.07) is 28.2. The molecule has 3 aromatic carbocycles. The number of anilines is 1. The number of nitrogens with one attached hydrogen (secondary N) is 2. The Balaban J connectivity index is 1.45. The van der Waals surface area contributed by atoms with Gasteiger partial charge < -0.3 is 9.73 Å². The van der Waals surface area contributed by atoms with Crippen LogP contribution in [0.4, 0.5) is 5.69 Å². The van der Waals surface area contributed by atoms with Gasteiger partial charge in [-0.05, 0) is 60.2 Å². The maximum atomic E-state index is 12.5. The van der Waals surface area contributed by atoms with Gasteiger partial charge in [0, 0.05) is 21.8 Å². The lowest BCUT2D eigenvalue weighted by molar-refractivity contribution is 0.0951. The van der Waals surface area contributed by atoms with Gasteiger partial charge in [0.25, 0.3) is 5.91 Å². The van der Waals surface area contributed by atoms with Gasteiger partial charge in [-0.15, -0.1) is 0 Å². The first-order chi connectivity index (χ1) is 14.6. The third-order valence-electron chi connectivity index (χ3n) is 4.45. The second-order valence-corrected chi connectivity index (χ2v) is 7.34. The van der Waals surface area contributed by atoms with E-state index >= 15 is 0 Å². The molecule has 0 unspecified atom stereocenters. The van der Waals surface area contributed by atoms with Crippen LogP contribution in [-0.4, -0.2) is 11.0 Å². The fraction of sp³-hybridized carbons (Fsp3) is 0. The van der Waals surface area contributed by atoms with E-state index in [0.717, 1.165) is 22.4 Å². The average molecular weight is 433 g/mol. The minimum atomic E-state index is -0.426. The molecule has 0 atom stereocenters. The van der Waals surface area contributed by atoms with Crippen molar-refractivity contribution in [2.45, 2.75) is 0 Å². The Morgan fingerprint density at radius 2 is 1.50 bits per heavy atom. The van der Waals surface area contributed by atoms with Crippen LogP contribution in [0.3, 0.4) is 0 Å². The van der Waals surface area contributed by atoms with Gasteiger partial charge in [-0.2, -0.15) is 0 Å². The molecule has 0 radical (unpaired) electrons. The van der Waals surface area contributed by atoms with Crippen molar-refractivity contribution in [3.05, 3.63) is 102 Å². The van der Waals surface area contributed by atoms with Gasteiger partial charge in [0.1, 0.15) is 5.76 Å². The highest BCUT2D eigenvalue weighted by atomic mass is 35.5. The van der Waals surface area contributed by atoms with Gasteiger partial charge >= 0.3 is 0 Å². The summed E-state index contributed by atoms with van der Waals surface area (Å²) in [5, 5.41) is 6.58. The predicted molar refractivity (Wildman–Crippen MR) is 125 cm³/mol. The lowest BCUT2D eigenvalue weighted by Crippen LogP contribution is -2.34. The maximum Gasteiger partial charge on any atom is 0.293 e. The number of hydrogen-bond acceptors (Lipinski definition) is 3. The fourth-order valence-corrected chi connectivity index (χ4v) is 3.34. The minimum absolute atomic E-state index is 0.167. The number of amides is 1. The number of furan rings is 1. The van der Waals surface area contributed by atoms with E-state index < -0.39 is 5.91 Å². The SMILES string of the molecule is O=C(NC(=S)Nc1ccccc1-c1ccccc1)c1ccc(-c2ccc(Cl)cc2)o1. The van der Waals surface area contributed by atoms with Gasteiger partial charge in [-0.25, -0.2) is 0 Å². The quantitative estimate of drug-likeness (QED) is 0.366. The molecule has 4 aromatic rings. The summed E-state index contributed by atoms with van der Waals surface area (Å²) in [7, 11) is 0. The van der Waals surface area contributed by atoms with Crippen LogP contribution in [0, 0.1) is 0 Å². The number of carbonyl (C=O) groups is 1. The number of hydrogen-bond donors (Lipinski definition) is 2. The summed E-state index contributed by atoms with van der Waals surface area (Å²) in [6.45, 7) is 0. The number of thiocarbonyl (C=S) groups is 1. The number of halogens is 1. The molecule has 4 rings (SSSR count). The van der Waals surface area contributed by atoms with Gasteiger partial charge in [0.2, 0.25) is 0 Å². The average Bonchev–Trinajstić information content (AvgIpc) is 3.26. The van der Waals surface area contributed by atoms with E-state index in [-0.39, 0.29) is 10.9 Å². The second kappa shape index (κ2) is 8.95. The van der Waals surface area contributed by atoms with Crippen LogP contribution < -0.4 is 10.6 Å². The molecule has 1 aromatic heterocycles. The van der Waals surface area contributed by atoms with Gasteiger partial charge in [-0.1, -0.05) is 60.1 Å². The van der Waals surface area contributed by atoms with Gasteiger partial charge in [0.15, 0.2) is 10.9 Å².